The third-order valence-corrected chi connectivity index (χ3v) is 6.25. The maximum absolute atomic E-state index is 14.5. The predicted octanol–water partition coefficient (Wildman–Crippen LogP) is 6.31. The number of fused-ring (bicyclic) bond motifs is 1. The first-order chi connectivity index (χ1) is 14.2. The first-order valence-electron chi connectivity index (χ1n) is 9.38. The van der Waals surface area contributed by atoms with Crippen molar-refractivity contribution in [3.8, 4) is 16.9 Å². The lowest BCUT2D eigenvalue weighted by Gasteiger charge is -2.15. The maximum Gasteiger partial charge on any atom is 0.387 e. The number of ether oxygens (including phenoxy) is 2. The molecule has 5 nitrogen and oxygen atoms in total. The number of alkyl halides is 2. The molecule has 0 atom stereocenters. The van der Waals surface area contributed by atoms with E-state index < -0.39 is 20.5 Å². The van der Waals surface area contributed by atoms with Crippen molar-refractivity contribution in [2.75, 3.05) is 6.61 Å². The zero-order chi connectivity index (χ0) is 21.9. The summed E-state index contributed by atoms with van der Waals surface area (Å²) in [6, 6.07) is 7.81. The topological polar surface area (TPSA) is 40.6 Å². The van der Waals surface area contributed by atoms with Crippen LogP contribution in [0.2, 0.25) is 25.7 Å². The summed E-state index contributed by atoms with van der Waals surface area (Å²) in [7, 11) is -1.21. The molecule has 0 aliphatic rings. The van der Waals surface area contributed by atoms with Crippen LogP contribution >= 0.6 is 0 Å². The van der Waals surface area contributed by atoms with Crippen LogP contribution in [0.25, 0.3) is 26.9 Å². The lowest BCUT2D eigenvalue weighted by molar-refractivity contribution is -0.0495. The highest BCUT2D eigenvalue weighted by Crippen LogP contribution is 2.41. The van der Waals surface area contributed by atoms with Gasteiger partial charge >= 0.3 is 6.61 Å². The molecular formula is C21H22F3N3O2Si. The monoisotopic (exact) mass is 433 g/mol. The molecule has 9 heteroatoms. The van der Waals surface area contributed by atoms with Gasteiger partial charge in [-0.2, -0.15) is 13.9 Å². The van der Waals surface area contributed by atoms with E-state index in [1.165, 1.54) is 12.1 Å². The highest BCUT2D eigenvalue weighted by molar-refractivity contribution is 6.76. The smallest absolute Gasteiger partial charge is 0.387 e. The van der Waals surface area contributed by atoms with E-state index in [1.54, 1.807) is 23.0 Å². The van der Waals surface area contributed by atoms with E-state index in [4.69, 9.17) is 11.3 Å². The van der Waals surface area contributed by atoms with Crippen molar-refractivity contribution in [3.63, 3.8) is 0 Å². The summed E-state index contributed by atoms with van der Waals surface area (Å²) >= 11 is 0. The minimum Gasteiger partial charge on any atom is -0.434 e. The van der Waals surface area contributed by atoms with E-state index in [0.29, 0.717) is 17.5 Å². The van der Waals surface area contributed by atoms with Gasteiger partial charge in [0, 0.05) is 25.6 Å². The predicted molar refractivity (Wildman–Crippen MR) is 112 cm³/mol. The van der Waals surface area contributed by atoms with E-state index in [9.17, 15) is 13.2 Å². The molecule has 0 spiro atoms. The number of hydrogen-bond donors (Lipinski definition) is 0. The normalized spacial score (nSPS) is 11.8. The van der Waals surface area contributed by atoms with Crippen molar-refractivity contribution in [2.45, 2.75) is 39.0 Å². The van der Waals surface area contributed by atoms with Crippen LogP contribution in [0.1, 0.15) is 0 Å². The van der Waals surface area contributed by atoms with Gasteiger partial charge in [0.05, 0.1) is 18.3 Å². The number of rotatable bonds is 8. The van der Waals surface area contributed by atoms with E-state index in [2.05, 4.69) is 34.3 Å². The Morgan fingerprint density at radius 1 is 1.23 bits per heavy atom. The fourth-order valence-electron chi connectivity index (χ4n) is 3.00. The largest absolute Gasteiger partial charge is 0.434 e. The summed E-state index contributed by atoms with van der Waals surface area (Å²) in [6.07, 6.45) is 1.57. The molecule has 0 amide bonds. The van der Waals surface area contributed by atoms with Gasteiger partial charge in [-0.25, -0.2) is 13.9 Å². The fourth-order valence-corrected chi connectivity index (χ4v) is 3.76. The molecule has 2 aromatic carbocycles. The van der Waals surface area contributed by atoms with Crippen molar-refractivity contribution in [1.29, 1.82) is 0 Å². The van der Waals surface area contributed by atoms with Gasteiger partial charge in [-0.05, 0) is 29.8 Å². The van der Waals surface area contributed by atoms with Gasteiger partial charge in [0.15, 0.2) is 5.69 Å². The molecule has 30 heavy (non-hydrogen) atoms. The molecule has 158 valence electrons. The highest BCUT2D eigenvalue weighted by Gasteiger charge is 2.20. The Morgan fingerprint density at radius 2 is 2.00 bits per heavy atom. The van der Waals surface area contributed by atoms with E-state index in [-0.39, 0.29) is 29.3 Å². The van der Waals surface area contributed by atoms with Crippen LogP contribution in [0.5, 0.6) is 5.75 Å². The molecule has 3 rings (SSSR count). The van der Waals surface area contributed by atoms with Crippen molar-refractivity contribution in [1.82, 2.24) is 9.78 Å². The molecule has 0 saturated heterocycles. The Bertz CT molecular complexity index is 1090. The number of aromatic nitrogens is 2. The fraction of sp³-hybridized carbons (Fsp3) is 0.333. The molecule has 0 aliphatic heterocycles. The summed E-state index contributed by atoms with van der Waals surface area (Å²) in [5, 5.41) is 4.92. The van der Waals surface area contributed by atoms with Crippen LogP contribution in [0.15, 0.2) is 36.5 Å². The Kier molecular flexibility index (Phi) is 6.48. The SMILES string of the molecule is [C-]#[N+]c1cc2c(cnn2COCC[Si](C)(C)C)cc1-c1c(F)cccc1OC(F)F. The van der Waals surface area contributed by atoms with Crippen LogP contribution in [-0.2, 0) is 11.5 Å². The molecule has 0 unspecified atom stereocenters. The van der Waals surface area contributed by atoms with Gasteiger partial charge in [-0.3, -0.25) is 0 Å². The molecule has 0 aliphatic carbocycles. The second-order valence-corrected chi connectivity index (χ2v) is 13.6. The number of nitrogens with zero attached hydrogens (tertiary/aromatic N) is 3. The molecule has 0 saturated carbocycles. The van der Waals surface area contributed by atoms with Gasteiger partial charge in [0.25, 0.3) is 0 Å². The minimum absolute atomic E-state index is 0.107. The molecule has 1 aromatic heterocycles. The Balaban J connectivity index is 1.97. The average molecular weight is 434 g/mol. The Hall–Kier alpha value is -2.83. The second-order valence-electron chi connectivity index (χ2n) is 8.02. The Labute approximate surface area is 173 Å². The van der Waals surface area contributed by atoms with E-state index >= 15 is 0 Å². The first-order valence-corrected chi connectivity index (χ1v) is 13.1. The van der Waals surface area contributed by atoms with E-state index in [0.717, 1.165) is 12.1 Å². The quantitative estimate of drug-likeness (QED) is 0.238. The summed E-state index contributed by atoms with van der Waals surface area (Å²) in [5.41, 5.74) is 0.747. The van der Waals surface area contributed by atoms with Crippen molar-refractivity contribution in [3.05, 3.63) is 53.8 Å². The summed E-state index contributed by atoms with van der Waals surface area (Å²) in [5.74, 6) is -1.07. The summed E-state index contributed by atoms with van der Waals surface area (Å²) < 4.78 is 51.9. The minimum atomic E-state index is -3.11. The van der Waals surface area contributed by atoms with Crippen molar-refractivity contribution < 1.29 is 22.6 Å². The van der Waals surface area contributed by atoms with Gasteiger partial charge in [-0.15, -0.1) is 0 Å². The van der Waals surface area contributed by atoms with E-state index in [1.807, 2.05) is 0 Å². The van der Waals surface area contributed by atoms with Crippen molar-refractivity contribution in [2.24, 2.45) is 0 Å². The molecular weight excluding hydrogens is 411 g/mol. The van der Waals surface area contributed by atoms with Gasteiger partial charge in [0.1, 0.15) is 18.3 Å². The zero-order valence-electron chi connectivity index (χ0n) is 17.0. The third-order valence-electron chi connectivity index (χ3n) is 4.55. The van der Waals surface area contributed by atoms with Gasteiger partial charge < -0.3 is 9.47 Å². The highest BCUT2D eigenvalue weighted by atomic mass is 28.3. The van der Waals surface area contributed by atoms with Gasteiger partial charge in [0.2, 0.25) is 0 Å². The maximum atomic E-state index is 14.5. The molecule has 1 heterocycles. The molecule has 0 radical (unpaired) electrons. The van der Waals surface area contributed by atoms with Crippen molar-refractivity contribution >= 4 is 24.7 Å². The van der Waals surface area contributed by atoms with Crippen LogP contribution in [-0.4, -0.2) is 31.1 Å². The lowest BCUT2D eigenvalue weighted by atomic mass is 10.00. The lowest BCUT2D eigenvalue weighted by Crippen LogP contribution is -2.22. The second kappa shape index (κ2) is 8.89. The number of halogens is 3. The van der Waals surface area contributed by atoms with Crippen LogP contribution in [0, 0.1) is 12.4 Å². The summed E-state index contributed by atoms with van der Waals surface area (Å²) in [4.78, 5) is 3.47. The average Bonchev–Trinajstić information content (AvgIpc) is 3.05. The zero-order valence-corrected chi connectivity index (χ0v) is 18.0. The summed E-state index contributed by atoms with van der Waals surface area (Å²) in [6.45, 7) is 12.0. The van der Waals surface area contributed by atoms with Crippen LogP contribution in [0.3, 0.4) is 0 Å². The van der Waals surface area contributed by atoms with Gasteiger partial charge in [-0.1, -0.05) is 31.8 Å². The third kappa shape index (κ3) is 5.01. The van der Waals surface area contributed by atoms with Crippen LogP contribution in [0.4, 0.5) is 18.9 Å². The molecule has 0 fully saturated rings. The standard InChI is InChI=1S/C21H22F3N3O2Si/c1-25-17-11-18-14(12-26-27(18)13-28-8-9-30(2,3)4)10-15(17)20-16(22)6-5-7-19(20)29-21(23)24/h5-7,10-12,21H,8-9,13H2,2-4H3. The molecule has 0 bridgehead atoms. The Morgan fingerprint density at radius 3 is 2.67 bits per heavy atom. The van der Waals surface area contributed by atoms with Crippen LogP contribution < -0.4 is 4.74 Å². The molecule has 3 aromatic rings. The number of hydrogen-bond acceptors (Lipinski definition) is 3. The number of benzene rings is 2. The first kappa shape index (κ1) is 21.9. The molecule has 0 N–H and O–H groups in total.